The summed E-state index contributed by atoms with van der Waals surface area (Å²) >= 11 is 5.83. The van der Waals surface area contributed by atoms with Gasteiger partial charge in [0.15, 0.2) is 11.3 Å². The first-order valence-corrected chi connectivity index (χ1v) is 7.19. The van der Waals surface area contributed by atoms with Gasteiger partial charge in [0, 0.05) is 6.20 Å². The maximum absolute atomic E-state index is 13.1. The molecule has 0 saturated heterocycles. The lowest BCUT2D eigenvalue weighted by Gasteiger charge is -2.14. The number of halogens is 2. The van der Waals surface area contributed by atoms with Crippen LogP contribution in [0.25, 0.3) is 0 Å². The van der Waals surface area contributed by atoms with Gasteiger partial charge in [-0.3, -0.25) is 9.59 Å². The van der Waals surface area contributed by atoms with E-state index in [2.05, 4.69) is 10.3 Å². The van der Waals surface area contributed by atoms with Gasteiger partial charge in [-0.1, -0.05) is 23.7 Å². The molecule has 120 valence electrons. The van der Waals surface area contributed by atoms with Crippen molar-refractivity contribution in [2.24, 2.45) is 0 Å². The Balaban J connectivity index is 1.90. The second-order valence-electron chi connectivity index (χ2n) is 4.77. The molecule has 0 aliphatic rings. The van der Waals surface area contributed by atoms with Crippen molar-refractivity contribution in [3.8, 4) is 0 Å². The van der Waals surface area contributed by atoms with Crippen LogP contribution in [0.1, 0.15) is 12.5 Å². The van der Waals surface area contributed by atoms with Crippen LogP contribution in [0.15, 0.2) is 42.6 Å². The summed E-state index contributed by atoms with van der Waals surface area (Å²) in [6, 6.07) is 8.81. The van der Waals surface area contributed by atoms with Crippen molar-refractivity contribution >= 4 is 29.2 Å². The third-order valence-electron chi connectivity index (χ3n) is 2.93. The quantitative estimate of drug-likeness (QED) is 0.673. The van der Waals surface area contributed by atoms with Crippen LogP contribution < -0.4 is 5.32 Å². The summed E-state index contributed by atoms with van der Waals surface area (Å²) in [5, 5.41) is 2.66. The van der Waals surface area contributed by atoms with Gasteiger partial charge in [0.25, 0.3) is 5.91 Å². The highest BCUT2D eigenvalue weighted by atomic mass is 35.5. The van der Waals surface area contributed by atoms with E-state index in [0.717, 1.165) is 0 Å². The number of rotatable bonds is 5. The van der Waals surface area contributed by atoms with E-state index in [1.807, 2.05) is 0 Å². The fraction of sp³-hybridized carbons (Fsp3) is 0.188. The first-order chi connectivity index (χ1) is 11.0. The number of amides is 1. The van der Waals surface area contributed by atoms with E-state index in [-0.39, 0.29) is 11.6 Å². The lowest BCUT2D eigenvalue weighted by atomic mass is 10.1. The van der Waals surface area contributed by atoms with E-state index in [0.29, 0.717) is 11.3 Å². The van der Waals surface area contributed by atoms with Gasteiger partial charge in [0.1, 0.15) is 5.82 Å². The van der Waals surface area contributed by atoms with Crippen molar-refractivity contribution in [2.75, 3.05) is 5.32 Å². The Morgan fingerprint density at radius 2 is 2.13 bits per heavy atom. The topological polar surface area (TPSA) is 68.3 Å². The maximum atomic E-state index is 13.1. The predicted octanol–water partition coefficient (Wildman–Crippen LogP) is 2.99. The molecule has 2 rings (SSSR count). The number of hydrogen-bond acceptors (Lipinski definition) is 4. The van der Waals surface area contributed by atoms with Crippen LogP contribution >= 0.6 is 11.6 Å². The van der Waals surface area contributed by atoms with Crippen LogP contribution in [-0.4, -0.2) is 23.0 Å². The molecule has 5 nitrogen and oxygen atoms in total. The molecule has 0 unspecified atom stereocenters. The highest BCUT2D eigenvalue weighted by Crippen LogP contribution is 2.17. The number of benzene rings is 1. The van der Waals surface area contributed by atoms with E-state index in [1.165, 1.54) is 31.3 Å². The average molecular weight is 337 g/mol. The molecule has 1 atom stereocenters. The number of pyridine rings is 1. The highest BCUT2D eigenvalue weighted by molar-refractivity contribution is 6.32. The molecule has 1 amide bonds. The van der Waals surface area contributed by atoms with Gasteiger partial charge in [-0.2, -0.15) is 0 Å². The molecule has 23 heavy (non-hydrogen) atoms. The van der Waals surface area contributed by atoms with Gasteiger partial charge in [-0.15, -0.1) is 0 Å². The number of esters is 1. The van der Waals surface area contributed by atoms with Crippen LogP contribution in [-0.2, 0) is 20.7 Å². The lowest BCUT2D eigenvalue weighted by Crippen LogP contribution is -2.30. The highest BCUT2D eigenvalue weighted by Gasteiger charge is 2.19. The number of nitrogens with one attached hydrogen (secondary N) is 1. The Labute approximate surface area is 137 Å². The predicted molar refractivity (Wildman–Crippen MR) is 83.5 cm³/mol. The molecule has 0 fully saturated rings. The number of hydrogen-bond donors (Lipinski definition) is 1. The number of ether oxygens (including phenoxy) is 1. The molecule has 1 aromatic heterocycles. The van der Waals surface area contributed by atoms with E-state index in [1.54, 1.807) is 18.2 Å². The van der Waals surface area contributed by atoms with Gasteiger partial charge >= 0.3 is 5.97 Å². The summed E-state index contributed by atoms with van der Waals surface area (Å²) in [7, 11) is 0. The molecule has 0 aliphatic heterocycles. The summed E-state index contributed by atoms with van der Waals surface area (Å²) in [6.07, 6.45) is 0.344. The first-order valence-electron chi connectivity index (χ1n) is 6.81. The molecule has 0 radical (unpaired) electrons. The minimum Gasteiger partial charge on any atom is -0.452 e. The van der Waals surface area contributed by atoms with Crippen LogP contribution in [0.3, 0.4) is 0 Å². The Hall–Kier alpha value is -2.47. The van der Waals surface area contributed by atoms with Crippen molar-refractivity contribution in [1.82, 2.24) is 4.98 Å². The number of nitrogens with zero attached hydrogens (tertiary/aromatic N) is 1. The fourth-order valence-corrected chi connectivity index (χ4v) is 1.99. The van der Waals surface area contributed by atoms with Gasteiger partial charge in [0.05, 0.1) is 12.1 Å². The zero-order valence-corrected chi connectivity index (χ0v) is 13.0. The third kappa shape index (κ3) is 5.03. The molecule has 7 heteroatoms. The summed E-state index contributed by atoms with van der Waals surface area (Å²) in [4.78, 5) is 27.6. The molecule has 1 N–H and O–H groups in total. The van der Waals surface area contributed by atoms with E-state index in [9.17, 15) is 14.0 Å². The zero-order valence-electron chi connectivity index (χ0n) is 12.3. The zero-order chi connectivity index (χ0) is 16.8. The second-order valence-corrected chi connectivity index (χ2v) is 5.13. The van der Waals surface area contributed by atoms with Gasteiger partial charge in [-0.05, 0) is 36.8 Å². The van der Waals surface area contributed by atoms with Gasteiger partial charge in [-0.25, -0.2) is 9.37 Å². The fourth-order valence-electron chi connectivity index (χ4n) is 1.82. The monoisotopic (exact) mass is 336 g/mol. The summed E-state index contributed by atoms with van der Waals surface area (Å²) < 4.78 is 18.1. The van der Waals surface area contributed by atoms with E-state index < -0.39 is 23.8 Å². The van der Waals surface area contributed by atoms with Crippen LogP contribution in [0.4, 0.5) is 10.1 Å². The summed E-state index contributed by atoms with van der Waals surface area (Å²) in [6.45, 7) is 1.43. The van der Waals surface area contributed by atoms with Crippen LogP contribution in [0.5, 0.6) is 0 Å². The molecule has 0 saturated carbocycles. The third-order valence-corrected chi connectivity index (χ3v) is 3.23. The number of carbonyl (C=O) groups excluding carboxylic acids is 2. The van der Waals surface area contributed by atoms with Gasteiger partial charge < -0.3 is 10.1 Å². The average Bonchev–Trinajstić information content (AvgIpc) is 2.49. The molecule has 0 spiro atoms. The molecule has 1 heterocycles. The smallest absolute Gasteiger partial charge is 0.311 e. The van der Waals surface area contributed by atoms with Crippen molar-refractivity contribution in [3.05, 3.63) is 59.1 Å². The molecule has 2 aromatic rings. The van der Waals surface area contributed by atoms with Crippen molar-refractivity contribution in [1.29, 1.82) is 0 Å². The van der Waals surface area contributed by atoms with Crippen LogP contribution in [0.2, 0.25) is 5.15 Å². The molecular formula is C16H14ClFN2O3. The Kier molecular flexibility index (Phi) is 5.65. The number of carbonyl (C=O) groups is 2. The van der Waals surface area contributed by atoms with Crippen molar-refractivity contribution < 1.29 is 18.7 Å². The maximum Gasteiger partial charge on any atom is 0.311 e. The molecule has 0 aliphatic carbocycles. The Morgan fingerprint density at radius 3 is 2.83 bits per heavy atom. The van der Waals surface area contributed by atoms with E-state index in [4.69, 9.17) is 16.3 Å². The number of anilines is 1. The summed E-state index contributed by atoms with van der Waals surface area (Å²) in [5.74, 6) is -1.60. The SMILES string of the molecule is C[C@@H](OC(=O)Cc1cccc(F)c1)C(=O)Nc1cccnc1Cl. The Morgan fingerprint density at radius 1 is 1.35 bits per heavy atom. The molecule has 1 aromatic carbocycles. The largest absolute Gasteiger partial charge is 0.452 e. The van der Waals surface area contributed by atoms with Crippen molar-refractivity contribution in [2.45, 2.75) is 19.4 Å². The summed E-state index contributed by atoms with van der Waals surface area (Å²) in [5.41, 5.74) is 0.796. The minimum absolute atomic E-state index is 0.122. The van der Waals surface area contributed by atoms with E-state index >= 15 is 0 Å². The molecule has 0 bridgehead atoms. The minimum atomic E-state index is -1.02. The number of aromatic nitrogens is 1. The Bertz CT molecular complexity index is 724. The van der Waals surface area contributed by atoms with Crippen LogP contribution in [0, 0.1) is 5.82 Å². The normalized spacial score (nSPS) is 11.6. The lowest BCUT2D eigenvalue weighted by molar-refractivity contribution is -0.152. The standard InChI is InChI=1S/C16H14ClFN2O3/c1-10(16(22)20-13-6-3-7-19-15(13)17)23-14(21)9-11-4-2-5-12(18)8-11/h2-8,10H,9H2,1H3,(H,20,22)/t10-/m1/s1. The first kappa shape index (κ1) is 16.9. The molecular weight excluding hydrogens is 323 g/mol. The van der Waals surface area contributed by atoms with Crippen molar-refractivity contribution in [3.63, 3.8) is 0 Å². The van der Waals surface area contributed by atoms with Gasteiger partial charge in [0.2, 0.25) is 0 Å². The second kappa shape index (κ2) is 7.69.